The van der Waals surface area contributed by atoms with E-state index in [2.05, 4.69) is 35.0 Å². The van der Waals surface area contributed by atoms with Gasteiger partial charge in [0.2, 0.25) is 5.91 Å². The number of likely N-dealkylation sites (tertiary alicyclic amines) is 1. The van der Waals surface area contributed by atoms with Gasteiger partial charge in [-0.1, -0.05) is 35.0 Å². The Labute approximate surface area is 128 Å². The third-order valence-electron chi connectivity index (χ3n) is 4.75. The molecule has 0 aromatic heterocycles. The molecule has 1 aromatic rings. The Morgan fingerprint density at radius 1 is 1.55 bits per heavy atom. The lowest BCUT2D eigenvalue weighted by atomic mass is 9.90. The topological polar surface area (TPSA) is 46.3 Å². The fourth-order valence-electron chi connectivity index (χ4n) is 3.19. The summed E-state index contributed by atoms with van der Waals surface area (Å²) in [6, 6.07) is 8.32. The molecular weight excluding hydrogens is 316 g/mol. The van der Waals surface area contributed by atoms with Gasteiger partial charge in [-0.2, -0.15) is 0 Å². The van der Waals surface area contributed by atoms with Gasteiger partial charge in [0.05, 0.1) is 0 Å². The van der Waals surface area contributed by atoms with Gasteiger partial charge in [-0.3, -0.25) is 4.79 Å². The summed E-state index contributed by atoms with van der Waals surface area (Å²) in [7, 11) is 0. The molecule has 1 heterocycles. The molecular formula is C16H21BrN2O. The zero-order valence-corrected chi connectivity index (χ0v) is 13.4. The summed E-state index contributed by atoms with van der Waals surface area (Å²) in [6.45, 7) is 4.54. The Balaban J connectivity index is 1.64. The molecule has 2 N–H and O–H groups in total. The van der Waals surface area contributed by atoms with Crippen molar-refractivity contribution in [3.63, 3.8) is 0 Å². The molecule has 1 amide bonds. The normalized spacial score (nSPS) is 32.5. The number of hydrogen-bond donors (Lipinski definition) is 1. The van der Waals surface area contributed by atoms with Crippen molar-refractivity contribution in [3.05, 3.63) is 34.3 Å². The first-order valence-corrected chi connectivity index (χ1v) is 8.06. The highest BCUT2D eigenvalue weighted by Crippen LogP contribution is 2.49. The molecule has 108 valence electrons. The van der Waals surface area contributed by atoms with Gasteiger partial charge in [-0.05, 0) is 48.4 Å². The highest BCUT2D eigenvalue weighted by Gasteiger charge is 2.48. The average Bonchev–Trinajstić information content (AvgIpc) is 3.15. The maximum atomic E-state index is 12.6. The highest BCUT2D eigenvalue weighted by molar-refractivity contribution is 9.10. The molecule has 1 aliphatic heterocycles. The molecule has 2 aliphatic rings. The standard InChI is InChI=1S/C16H21BrN2O/c1-16(9-18)5-6-19(10-16)15(20)14-8-13(14)11-3-2-4-12(17)7-11/h2-4,7,13-14H,5-6,8-10,18H2,1H3. The molecule has 2 fully saturated rings. The predicted molar refractivity (Wildman–Crippen MR) is 83.3 cm³/mol. The van der Waals surface area contributed by atoms with E-state index in [0.29, 0.717) is 18.4 Å². The van der Waals surface area contributed by atoms with Crippen molar-refractivity contribution in [2.75, 3.05) is 19.6 Å². The number of rotatable bonds is 3. The molecule has 3 atom stereocenters. The Morgan fingerprint density at radius 2 is 2.35 bits per heavy atom. The van der Waals surface area contributed by atoms with Gasteiger partial charge < -0.3 is 10.6 Å². The summed E-state index contributed by atoms with van der Waals surface area (Å²) >= 11 is 3.50. The van der Waals surface area contributed by atoms with Gasteiger partial charge in [0.15, 0.2) is 0 Å². The van der Waals surface area contributed by atoms with Crippen LogP contribution in [0.4, 0.5) is 0 Å². The molecule has 3 unspecified atom stereocenters. The van der Waals surface area contributed by atoms with E-state index in [1.807, 2.05) is 17.0 Å². The van der Waals surface area contributed by atoms with Gasteiger partial charge in [0, 0.05) is 23.5 Å². The van der Waals surface area contributed by atoms with E-state index >= 15 is 0 Å². The second kappa shape index (κ2) is 5.15. The molecule has 20 heavy (non-hydrogen) atoms. The number of amides is 1. The minimum Gasteiger partial charge on any atom is -0.342 e. The first kappa shape index (κ1) is 14.1. The Morgan fingerprint density at radius 3 is 3.00 bits per heavy atom. The quantitative estimate of drug-likeness (QED) is 0.922. The van der Waals surface area contributed by atoms with Crippen molar-refractivity contribution in [1.29, 1.82) is 0 Å². The Kier molecular flexibility index (Phi) is 3.63. The van der Waals surface area contributed by atoms with Crippen LogP contribution >= 0.6 is 15.9 Å². The van der Waals surface area contributed by atoms with Crippen LogP contribution in [0.25, 0.3) is 0 Å². The van der Waals surface area contributed by atoms with Crippen LogP contribution in [-0.2, 0) is 4.79 Å². The smallest absolute Gasteiger partial charge is 0.226 e. The van der Waals surface area contributed by atoms with Crippen LogP contribution in [0.5, 0.6) is 0 Å². The maximum absolute atomic E-state index is 12.6. The second-order valence-electron chi connectivity index (χ2n) is 6.53. The molecule has 0 spiro atoms. The van der Waals surface area contributed by atoms with E-state index in [-0.39, 0.29) is 11.3 Å². The number of benzene rings is 1. The minimum atomic E-state index is 0.121. The predicted octanol–water partition coefficient (Wildman–Crippen LogP) is 2.75. The van der Waals surface area contributed by atoms with E-state index in [0.717, 1.165) is 30.4 Å². The van der Waals surface area contributed by atoms with Crippen LogP contribution in [0.15, 0.2) is 28.7 Å². The Hall–Kier alpha value is -0.870. The number of nitrogens with two attached hydrogens (primary N) is 1. The van der Waals surface area contributed by atoms with Gasteiger partial charge in [0.1, 0.15) is 0 Å². The van der Waals surface area contributed by atoms with Crippen LogP contribution in [0, 0.1) is 11.3 Å². The van der Waals surface area contributed by atoms with E-state index < -0.39 is 0 Å². The molecule has 1 saturated heterocycles. The Bertz CT molecular complexity index is 533. The second-order valence-corrected chi connectivity index (χ2v) is 7.44. The largest absolute Gasteiger partial charge is 0.342 e. The average molecular weight is 337 g/mol. The van der Waals surface area contributed by atoms with Crippen LogP contribution in [0.2, 0.25) is 0 Å². The number of nitrogens with zero attached hydrogens (tertiary/aromatic N) is 1. The zero-order chi connectivity index (χ0) is 14.3. The highest BCUT2D eigenvalue weighted by atomic mass is 79.9. The number of carbonyl (C=O) groups is 1. The fraction of sp³-hybridized carbons (Fsp3) is 0.562. The maximum Gasteiger partial charge on any atom is 0.226 e. The van der Waals surface area contributed by atoms with Crippen LogP contribution in [0.1, 0.15) is 31.2 Å². The van der Waals surface area contributed by atoms with Crippen molar-refractivity contribution in [2.24, 2.45) is 17.1 Å². The van der Waals surface area contributed by atoms with E-state index in [9.17, 15) is 4.79 Å². The van der Waals surface area contributed by atoms with Gasteiger partial charge >= 0.3 is 0 Å². The molecule has 0 bridgehead atoms. The lowest BCUT2D eigenvalue weighted by Crippen LogP contribution is -2.35. The third kappa shape index (κ3) is 2.63. The van der Waals surface area contributed by atoms with E-state index in [1.54, 1.807) is 0 Å². The van der Waals surface area contributed by atoms with Gasteiger partial charge in [-0.15, -0.1) is 0 Å². The summed E-state index contributed by atoms with van der Waals surface area (Å²) in [6.07, 6.45) is 2.02. The lowest BCUT2D eigenvalue weighted by Gasteiger charge is -2.22. The van der Waals surface area contributed by atoms with Crippen molar-refractivity contribution < 1.29 is 4.79 Å². The van der Waals surface area contributed by atoms with Crippen molar-refractivity contribution in [1.82, 2.24) is 4.90 Å². The van der Waals surface area contributed by atoms with Crippen LogP contribution in [-0.4, -0.2) is 30.4 Å². The summed E-state index contributed by atoms with van der Waals surface area (Å²) < 4.78 is 1.09. The van der Waals surface area contributed by atoms with Crippen LogP contribution in [0.3, 0.4) is 0 Å². The molecule has 3 rings (SSSR count). The monoisotopic (exact) mass is 336 g/mol. The van der Waals surface area contributed by atoms with Crippen LogP contribution < -0.4 is 5.73 Å². The van der Waals surface area contributed by atoms with Crippen molar-refractivity contribution >= 4 is 21.8 Å². The number of hydrogen-bond acceptors (Lipinski definition) is 2. The van der Waals surface area contributed by atoms with Crippen molar-refractivity contribution in [3.8, 4) is 0 Å². The zero-order valence-electron chi connectivity index (χ0n) is 11.8. The molecule has 1 saturated carbocycles. The summed E-state index contributed by atoms with van der Waals surface area (Å²) in [5.74, 6) is 0.918. The lowest BCUT2D eigenvalue weighted by molar-refractivity contribution is -0.132. The van der Waals surface area contributed by atoms with E-state index in [1.165, 1.54) is 5.56 Å². The molecule has 3 nitrogen and oxygen atoms in total. The molecule has 0 radical (unpaired) electrons. The SMILES string of the molecule is CC1(CN)CCN(C(=O)C2CC2c2cccc(Br)c2)C1. The first-order chi connectivity index (χ1) is 9.52. The summed E-state index contributed by atoms with van der Waals surface area (Å²) in [5.41, 5.74) is 7.21. The molecule has 1 aromatic carbocycles. The number of halogens is 1. The van der Waals surface area contributed by atoms with E-state index in [4.69, 9.17) is 5.73 Å². The summed E-state index contributed by atoms with van der Waals surface area (Å²) in [4.78, 5) is 14.6. The van der Waals surface area contributed by atoms with Gasteiger partial charge in [0.25, 0.3) is 0 Å². The third-order valence-corrected chi connectivity index (χ3v) is 5.24. The first-order valence-electron chi connectivity index (χ1n) is 7.27. The molecule has 1 aliphatic carbocycles. The van der Waals surface area contributed by atoms with Crippen molar-refractivity contribution in [2.45, 2.75) is 25.7 Å². The minimum absolute atomic E-state index is 0.121. The molecule has 4 heteroatoms. The fourth-order valence-corrected chi connectivity index (χ4v) is 3.60. The summed E-state index contributed by atoms with van der Waals surface area (Å²) in [5, 5.41) is 0. The van der Waals surface area contributed by atoms with Gasteiger partial charge in [-0.25, -0.2) is 0 Å². The number of carbonyl (C=O) groups excluding carboxylic acids is 1.